The predicted octanol–water partition coefficient (Wildman–Crippen LogP) is 4.41. The van der Waals surface area contributed by atoms with Gasteiger partial charge in [-0.1, -0.05) is 24.1 Å². The van der Waals surface area contributed by atoms with E-state index >= 15 is 0 Å². The lowest BCUT2D eigenvalue weighted by atomic mass is 10.2. The average Bonchev–Trinajstić information content (AvgIpc) is 3.24. The number of hydrogen-bond acceptors (Lipinski definition) is 8. The van der Waals surface area contributed by atoms with Gasteiger partial charge < -0.3 is 25.2 Å². The zero-order chi connectivity index (χ0) is 31.2. The van der Waals surface area contributed by atoms with Crippen LogP contribution in [0.5, 0.6) is 0 Å². The molecule has 1 aliphatic rings. The van der Waals surface area contributed by atoms with Crippen LogP contribution in [0.15, 0.2) is 62.8 Å². The van der Waals surface area contributed by atoms with Crippen LogP contribution in [0.4, 0.5) is 5.69 Å². The maximum absolute atomic E-state index is 11.2. The van der Waals surface area contributed by atoms with Gasteiger partial charge in [-0.2, -0.15) is 5.26 Å². The molecule has 42 heavy (non-hydrogen) atoms. The summed E-state index contributed by atoms with van der Waals surface area (Å²) in [5.41, 5.74) is 8.25. The number of benzene rings is 2. The molecule has 0 atom stereocenters. The number of carbonyl (C=O) groups is 2. The minimum absolute atomic E-state index is 0.0714. The Morgan fingerprint density at radius 1 is 1.14 bits per heavy atom. The standard InChI is InChI=1S/C11H10N4O.C10H16N2S.C8H13NO2.C2H2/c1-7-4-8-5-9(2-3-10(8)16-7)15-11(13)14-6-12;1-9-3-5-10(6-4-9)13-12-8-7-11-2;10-7-6-9-5-3-1-2-4-8(9)11;1-2/h2-5H,1H3,(H3,13,14,15);3-6,11-12H,7-8H2,1-2H3;7H,1-6H2;1-2H. The molecule has 5 N–H and O–H groups in total. The van der Waals surface area contributed by atoms with Crippen molar-refractivity contribution in [3.8, 4) is 19.0 Å². The number of aliphatic imine (C=N–C) groups is 1. The van der Waals surface area contributed by atoms with E-state index in [-0.39, 0.29) is 18.4 Å². The van der Waals surface area contributed by atoms with Gasteiger partial charge in [0.1, 0.15) is 17.6 Å². The fraction of sp³-hybridized carbons (Fsp3) is 0.355. The Morgan fingerprint density at radius 2 is 1.88 bits per heavy atom. The fourth-order valence-corrected chi connectivity index (χ4v) is 4.34. The van der Waals surface area contributed by atoms with E-state index in [9.17, 15) is 9.59 Å². The van der Waals surface area contributed by atoms with Crippen molar-refractivity contribution in [1.82, 2.24) is 20.3 Å². The van der Waals surface area contributed by atoms with Gasteiger partial charge in [0.25, 0.3) is 0 Å². The van der Waals surface area contributed by atoms with Gasteiger partial charge in [-0.15, -0.1) is 12.8 Å². The molecule has 0 unspecified atom stereocenters. The lowest BCUT2D eigenvalue weighted by Crippen LogP contribution is -2.31. The van der Waals surface area contributed by atoms with Crippen LogP contribution in [0.3, 0.4) is 0 Å². The van der Waals surface area contributed by atoms with Crippen LogP contribution >= 0.6 is 11.9 Å². The highest BCUT2D eigenvalue weighted by Crippen LogP contribution is 2.24. The Kier molecular flexibility index (Phi) is 18.3. The minimum atomic E-state index is 0.0714. The highest BCUT2D eigenvalue weighted by atomic mass is 32.2. The molecule has 3 aromatic rings. The molecular weight excluding hydrogens is 550 g/mol. The van der Waals surface area contributed by atoms with Crippen LogP contribution in [-0.4, -0.2) is 56.3 Å². The molecule has 1 aliphatic heterocycles. The van der Waals surface area contributed by atoms with E-state index < -0.39 is 0 Å². The predicted molar refractivity (Wildman–Crippen MR) is 171 cm³/mol. The third-order valence-electron chi connectivity index (χ3n) is 5.71. The largest absolute Gasteiger partial charge is 0.461 e. The topological polar surface area (TPSA) is 149 Å². The summed E-state index contributed by atoms with van der Waals surface area (Å²) in [5, 5.41) is 14.7. The Morgan fingerprint density at radius 3 is 2.55 bits per heavy atom. The molecule has 224 valence electrons. The Hall–Kier alpha value is -4.29. The van der Waals surface area contributed by atoms with Gasteiger partial charge in [-0.25, -0.2) is 4.99 Å². The molecule has 2 heterocycles. The van der Waals surface area contributed by atoms with E-state index in [1.165, 1.54) is 10.5 Å². The van der Waals surface area contributed by atoms with Crippen molar-refractivity contribution in [3.05, 3.63) is 59.9 Å². The Bertz CT molecular complexity index is 1310. The van der Waals surface area contributed by atoms with Crippen LogP contribution < -0.4 is 21.1 Å². The van der Waals surface area contributed by atoms with Crippen LogP contribution in [0, 0.1) is 38.1 Å². The number of guanidine groups is 1. The van der Waals surface area contributed by atoms with Gasteiger partial charge >= 0.3 is 0 Å². The van der Waals surface area contributed by atoms with Crippen molar-refractivity contribution in [1.29, 1.82) is 5.26 Å². The molecule has 1 fully saturated rings. The number of hydrogen-bond donors (Lipinski definition) is 4. The zero-order valence-corrected chi connectivity index (χ0v) is 25.4. The first-order chi connectivity index (χ1) is 20.4. The van der Waals surface area contributed by atoms with E-state index in [0.717, 1.165) is 61.9 Å². The normalized spacial score (nSPS) is 12.7. The zero-order valence-electron chi connectivity index (χ0n) is 24.6. The smallest absolute Gasteiger partial charge is 0.222 e. The number of nitrogens with two attached hydrogens (primary N) is 1. The van der Waals surface area contributed by atoms with Gasteiger partial charge in [0.15, 0.2) is 6.19 Å². The first kappa shape index (κ1) is 35.7. The molecule has 2 aromatic carbocycles. The number of fused-ring (bicyclic) bond motifs is 1. The first-order valence-electron chi connectivity index (χ1n) is 13.5. The molecule has 1 amide bonds. The minimum Gasteiger partial charge on any atom is -0.461 e. The summed E-state index contributed by atoms with van der Waals surface area (Å²) in [7, 11) is 1.96. The molecule has 10 nitrogen and oxygen atoms in total. The number of likely N-dealkylation sites (N-methyl/N-ethyl adjacent to an activating group) is 1. The highest BCUT2D eigenvalue weighted by molar-refractivity contribution is 7.97. The SMILES string of the molecule is C#C.CNCCNSc1ccc(C)cc1.Cc1cc2cc(N=C(N)NC#N)ccc2o1.O=CCN1CCCCCC1=O. The number of furan rings is 1. The molecule has 0 radical (unpaired) electrons. The lowest BCUT2D eigenvalue weighted by molar-refractivity contribution is -0.132. The number of terminal acetylenes is 1. The van der Waals surface area contributed by atoms with Crippen molar-refractivity contribution in [2.45, 2.75) is 44.4 Å². The summed E-state index contributed by atoms with van der Waals surface area (Å²) in [6.45, 7) is 7.00. The summed E-state index contributed by atoms with van der Waals surface area (Å²) in [4.78, 5) is 28.2. The number of nitrogens with one attached hydrogen (secondary N) is 3. The molecule has 0 saturated carbocycles. The van der Waals surface area contributed by atoms with Crippen LogP contribution in [0.1, 0.15) is 37.0 Å². The number of rotatable bonds is 8. The molecule has 1 saturated heterocycles. The van der Waals surface area contributed by atoms with Gasteiger partial charge in [-0.3, -0.25) is 14.8 Å². The molecule has 0 spiro atoms. The highest BCUT2D eigenvalue weighted by Gasteiger charge is 2.14. The Balaban J connectivity index is 0.000000311. The maximum atomic E-state index is 11.2. The number of aryl methyl sites for hydroxylation is 2. The molecule has 1 aromatic heterocycles. The van der Waals surface area contributed by atoms with Gasteiger partial charge in [-0.05, 0) is 82.1 Å². The number of likely N-dealkylation sites (tertiary alicyclic amines) is 1. The number of nitriles is 1. The summed E-state index contributed by atoms with van der Waals surface area (Å²) >= 11 is 1.68. The van der Waals surface area contributed by atoms with E-state index in [2.05, 4.69) is 64.4 Å². The van der Waals surface area contributed by atoms with Crippen molar-refractivity contribution in [2.75, 3.05) is 33.2 Å². The quantitative estimate of drug-likeness (QED) is 0.0437. The van der Waals surface area contributed by atoms with E-state index in [4.69, 9.17) is 15.4 Å². The maximum Gasteiger partial charge on any atom is 0.222 e. The summed E-state index contributed by atoms with van der Waals surface area (Å²) in [6, 6.07) is 15.9. The molecule has 0 bridgehead atoms. The van der Waals surface area contributed by atoms with E-state index in [1.54, 1.807) is 29.1 Å². The van der Waals surface area contributed by atoms with Gasteiger partial charge in [0, 0.05) is 36.3 Å². The number of amides is 1. The second kappa shape index (κ2) is 21.5. The average molecular weight is 592 g/mol. The first-order valence-corrected chi connectivity index (χ1v) is 14.3. The van der Waals surface area contributed by atoms with Gasteiger partial charge in [0.05, 0.1) is 12.2 Å². The second-order valence-electron chi connectivity index (χ2n) is 9.04. The van der Waals surface area contributed by atoms with Crippen molar-refractivity contribution < 1.29 is 14.0 Å². The van der Waals surface area contributed by atoms with Crippen LogP contribution in [-0.2, 0) is 9.59 Å². The monoisotopic (exact) mass is 591 g/mol. The number of aldehydes is 1. The second-order valence-corrected chi connectivity index (χ2v) is 10.0. The van der Waals surface area contributed by atoms with Gasteiger partial charge in [0.2, 0.25) is 11.9 Å². The summed E-state index contributed by atoms with van der Waals surface area (Å²) in [5.74, 6) is 1.05. The van der Waals surface area contributed by atoms with Crippen molar-refractivity contribution >= 4 is 46.8 Å². The number of nitrogens with zero attached hydrogens (tertiary/aromatic N) is 3. The molecular formula is C31H41N7O3S. The third kappa shape index (κ3) is 14.4. The molecule has 11 heteroatoms. The summed E-state index contributed by atoms with van der Waals surface area (Å²) < 4.78 is 8.70. The molecule has 0 aliphatic carbocycles. The lowest BCUT2D eigenvalue weighted by Gasteiger charge is -2.16. The van der Waals surface area contributed by atoms with Crippen molar-refractivity contribution in [3.63, 3.8) is 0 Å². The number of carbonyl (C=O) groups excluding carboxylic acids is 2. The summed E-state index contributed by atoms with van der Waals surface area (Å²) in [6.07, 6.45) is 14.3. The van der Waals surface area contributed by atoms with Crippen LogP contribution in [0.25, 0.3) is 11.0 Å². The molecule has 4 rings (SSSR count). The fourth-order valence-electron chi connectivity index (χ4n) is 3.70. The Labute approximate surface area is 253 Å². The van der Waals surface area contributed by atoms with Crippen molar-refractivity contribution in [2.24, 2.45) is 10.7 Å². The van der Waals surface area contributed by atoms with E-state index in [1.807, 2.05) is 32.2 Å². The van der Waals surface area contributed by atoms with E-state index in [0.29, 0.717) is 12.1 Å². The third-order valence-corrected chi connectivity index (χ3v) is 6.57. The van der Waals surface area contributed by atoms with Crippen LogP contribution in [0.2, 0.25) is 0 Å².